The van der Waals surface area contributed by atoms with Crippen LogP contribution >= 0.6 is 27.7 Å². The second-order valence-electron chi connectivity index (χ2n) is 4.76. The third-order valence-electron chi connectivity index (χ3n) is 3.53. The summed E-state index contributed by atoms with van der Waals surface area (Å²) in [7, 11) is -3.52. The van der Waals surface area contributed by atoms with Crippen LogP contribution in [0.25, 0.3) is 0 Å². The molecule has 1 aliphatic carbocycles. The summed E-state index contributed by atoms with van der Waals surface area (Å²) in [5.74, 6) is 0. The van der Waals surface area contributed by atoms with Crippen molar-refractivity contribution in [1.29, 1.82) is 0 Å². The van der Waals surface area contributed by atoms with E-state index in [1.54, 1.807) is 23.9 Å². The quantitative estimate of drug-likeness (QED) is 0.787. The number of rotatable bonds is 5. The third-order valence-corrected chi connectivity index (χ3v) is 7.34. The smallest absolute Gasteiger partial charge is 0.241 e. The molecule has 106 valence electrons. The first-order valence-corrected chi connectivity index (χ1v) is 9.48. The van der Waals surface area contributed by atoms with E-state index >= 15 is 0 Å². The largest absolute Gasteiger partial charge is 0.399 e. The standard InChI is InChI=1S/C12H17BrN2O2S2/c1-18-12(5-2-6-12)8-15-19(16,17)11-7-9(14)3-4-10(11)13/h3-4,7,15H,2,5-6,8,14H2,1H3. The first kappa shape index (κ1) is 15.2. The molecule has 0 aliphatic heterocycles. The van der Waals surface area contributed by atoms with Crippen LogP contribution in [0.4, 0.5) is 5.69 Å². The minimum absolute atomic E-state index is 0.0693. The molecule has 1 fully saturated rings. The predicted octanol–water partition coefficient (Wildman–Crippen LogP) is 2.60. The number of thioether (sulfide) groups is 1. The molecule has 1 aliphatic rings. The maximum Gasteiger partial charge on any atom is 0.241 e. The fourth-order valence-corrected chi connectivity index (χ4v) is 5.18. The summed E-state index contributed by atoms with van der Waals surface area (Å²) in [6, 6.07) is 4.79. The van der Waals surface area contributed by atoms with E-state index in [4.69, 9.17) is 5.73 Å². The highest BCUT2D eigenvalue weighted by Crippen LogP contribution is 2.42. The molecule has 0 unspecified atom stereocenters. The van der Waals surface area contributed by atoms with E-state index in [2.05, 4.69) is 20.7 Å². The van der Waals surface area contributed by atoms with E-state index in [9.17, 15) is 8.42 Å². The van der Waals surface area contributed by atoms with E-state index in [-0.39, 0.29) is 9.64 Å². The van der Waals surface area contributed by atoms with Gasteiger partial charge in [0.25, 0.3) is 0 Å². The summed E-state index contributed by atoms with van der Waals surface area (Å²) >= 11 is 4.99. The van der Waals surface area contributed by atoms with Crippen LogP contribution in [-0.4, -0.2) is 26.0 Å². The summed E-state index contributed by atoms with van der Waals surface area (Å²) < 4.78 is 27.9. The molecule has 0 amide bonds. The number of hydrogen-bond acceptors (Lipinski definition) is 4. The normalized spacial score (nSPS) is 18.0. The van der Waals surface area contributed by atoms with Crippen LogP contribution in [-0.2, 0) is 10.0 Å². The number of nitrogens with two attached hydrogens (primary N) is 1. The van der Waals surface area contributed by atoms with Crippen LogP contribution in [0.1, 0.15) is 19.3 Å². The molecule has 1 aromatic rings. The SMILES string of the molecule is CSC1(CNS(=O)(=O)c2cc(N)ccc2Br)CCC1. The van der Waals surface area contributed by atoms with Gasteiger partial charge >= 0.3 is 0 Å². The van der Waals surface area contributed by atoms with Crippen molar-refractivity contribution in [3.8, 4) is 0 Å². The first-order chi connectivity index (χ1) is 8.88. The molecule has 7 heteroatoms. The maximum absolute atomic E-state index is 12.3. The number of benzene rings is 1. The highest BCUT2D eigenvalue weighted by atomic mass is 79.9. The van der Waals surface area contributed by atoms with Crippen LogP contribution in [0.2, 0.25) is 0 Å². The average molecular weight is 365 g/mol. The lowest BCUT2D eigenvalue weighted by atomic mass is 9.84. The molecule has 4 nitrogen and oxygen atoms in total. The van der Waals surface area contributed by atoms with Crippen molar-refractivity contribution in [1.82, 2.24) is 4.72 Å². The van der Waals surface area contributed by atoms with Gasteiger partial charge in [0.1, 0.15) is 0 Å². The van der Waals surface area contributed by atoms with Crippen LogP contribution in [0.15, 0.2) is 27.6 Å². The monoisotopic (exact) mass is 364 g/mol. The molecule has 1 aromatic carbocycles. The zero-order valence-electron chi connectivity index (χ0n) is 10.6. The summed E-state index contributed by atoms with van der Waals surface area (Å²) in [6.07, 6.45) is 5.33. The molecule has 19 heavy (non-hydrogen) atoms. The minimum atomic E-state index is -3.52. The summed E-state index contributed by atoms with van der Waals surface area (Å²) in [6.45, 7) is 0.470. The number of anilines is 1. The van der Waals surface area contributed by atoms with Crippen LogP contribution in [0, 0.1) is 0 Å². The molecule has 0 heterocycles. The number of sulfonamides is 1. The Balaban J connectivity index is 2.16. The summed E-state index contributed by atoms with van der Waals surface area (Å²) in [5.41, 5.74) is 6.09. The van der Waals surface area contributed by atoms with Crippen molar-refractivity contribution in [2.45, 2.75) is 28.9 Å². The molecular weight excluding hydrogens is 348 g/mol. The molecule has 0 bridgehead atoms. The number of halogens is 1. The van der Waals surface area contributed by atoms with E-state index in [1.807, 2.05) is 6.26 Å². The van der Waals surface area contributed by atoms with Crippen molar-refractivity contribution in [3.05, 3.63) is 22.7 Å². The Labute approximate surface area is 126 Å². The van der Waals surface area contributed by atoms with Crippen molar-refractivity contribution < 1.29 is 8.42 Å². The molecular formula is C12H17BrN2O2S2. The molecule has 3 N–H and O–H groups in total. The maximum atomic E-state index is 12.3. The van der Waals surface area contributed by atoms with Gasteiger partial charge in [-0.3, -0.25) is 0 Å². The summed E-state index contributed by atoms with van der Waals surface area (Å²) in [4.78, 5) is 0.197. The lowest BCUT2D eigenvalue weighted by Gasteiger charge is -2.40. The van der Waals surface area contributed by atoms with Gasteiger partial charge in [-0.05, 0) is 53.2 Å². The Morgan fingerprint density at radius 2 is 2.16 bits per heavy atom. The average Bonchev–Trinajstić information content (AvgIpc) is 2.31. The Bertz CT molecular complexity index is 566. The molecule has 0 aromatic heterocycles. The molecule has 1 saturated carbocycles. The molecule has 0 radical (unpaired) electrons. The topological polar surface area (TPSA) is 72.2 Å². The van der Waals surface area contributed by atoms with Gasteiger partial charge in [0.2, 0.25) is 10.0 Å². The third kappa shape index (κ3) is 3.26. The fourth-order valence-electron chi connectivity index (χ4n) is 2.05. The van der Waals surface area contributed by atoms with E-state index in [0.29, 0.717) is 16.7 Å². The van der Waals surface area contributed by atoms with Crippen molar-refractivity contribution in [2.75, 3.05) is 18.5 Å². The van der Waals surface area contributed by atoms with Gasteiger partial charge in [-0.2, -0.15) is 11.8 Å². The lowest BCUT2D eigenvalue weighted by Crippen LogP contribution is -2.45. The van der Waals surface area contributed by atoms with Crippen LogP contribution in [0.3, 0.4) is 0 Å². The van der Waals surface area contributed by atoms with Gasteiger partial charge in [0.05, 0.1) is 4.90 Å². The fraction of sp³-hybridized carbons (Fsp3) is 0.500. The Hall–Kier alpha value is -0.240. The second-order valence-corrected chi connectivity index (χ2v) is 8.62. The highest BCUT2D eigenvalue weighted by molar-refractivity contribution is 9.10. The minimum Gasteiger partial charge on any atom is -0.399 e. The van der Waals surface area contributed by atoms with Gasteiger partial charge in [-0.15, -0.1) is 0 Å². The van der Waals surface area contributed by atoms with E-state index < -0.39 is 10.0 Å². The molecule has 0 atom stereocenters. The molecule has 0 spiro atoms. The van der Waals surface area contributed by atoms with E-state index in [0.717, 1.165) is 12.8 Å². The van der Waals surface area contributed by atoms with E-state index in [1.165, 1.54) is 12.5 Å². The number of nitrogen functional groups attached to an aromatic ring is 1. The first-order valence-electron chi connectivity index (χ1n) is 5.98. The summed E-state index contributed by atoms with van der Waals surface area (Å²) in [5, 5.41) is 0. The number of hydrogen-bond donors (Lipinski definition) is 2. The zero-order chi connectivity index (χ0) is 14.1. The van der Waals surface area contributed by atoms with Gasteiger partial charge in [0, 0.05) is 21.5 Å². The van der Waals surface area contributed by atoms with Crippen molar-refractivity contribution in [3.63, 3.8) is 0 Å². The second kappa shape index (κ2) is 5.63. The Kier molecular flexibility index (Phi) is 4.49. The Morgan fingerprint density at radius 1 is 1.47 bits per heavy atom. The van der Waals surface area contributed by atoms with Gasteiger partial charge < -0.3 is 5.73 Å². The Morgan fingerprint density at radius 3 is 2.68 bits per heavy atom. The highest BCUT2D eigenvalue weighted by Gasteiger charge is 2.37. The van der Waals surface area contributed by atoms with Gasteiger partial charge in [-0.25, -0.2) is 13.1 Å². The van der Waals surface area contributed by atoms with Gasteiger partial charge in [-0.1, -0.05) is 6.42 Å². The predicted molar refractivity (Wildman–Crippen MR) is 83.8 cm³/mol. The molecule has 0 saturated heterocycles. The van der Waals surface area contributed by atoms with Gasteiger partial charge in [0.15, 0.2) is 0 Å². The molecule has 2 rings (SSSR count). The van der Waals surface area contributed by atoms with Crippen molar-refractivity contribution in [2.24, 2.45) is 0 Å². The van der Waals surface area contributed by atoms with Crippen LogP contribution in [0.5, 0.6) is 0 Å². The lowest BCUT2D eigenvalue weighted by molar-refractivity contribution is 0.362. The zero-order valence-corrected chi connectivity index (χ0v) is 13.9. The van der Waals surface area contributed by atoms with Crippen molar-refractivity contribution >= 4 is 43.4 Å². The number of nitrogens with one attached hydrogen (secondary N) is 1. The van der Waals surface area contributed by atoms with Crippen LogP contribution < -0.4 is 10.5 Å².